The number of aryl methyl sites for hydroxylation is 1. The van der Waals surface area contributed by atoms with Crippen molar-refractivity contribution in [2.75, 3.05) is 10.6 Å². The largest absolute Gasteiger partial charge is 0.323 e. The van der Waals surface area contributed by atoms with Gasteiger partial charge in [0.05, 0.1) is 6.20 Å². The molecule has 1 aromatic heterocycles. The van der Waals surface area contributed by atoms with Gasteiger partial charge >= 0.3 is 0 Å². The van der Waals surface area contributed by atoms with Crippen molar-refractivity contribution >= 4 is 29.4 Å². The van der Waals surface area contributed by atoms with Crippen LogP contribution in [0.15, 0.2) is 72.9 Å². The molecular formula is C20H18N4O2. The van der Waals surface area contributed by atoms with Gasteiger partial charge in [-0.3, -0.25) is 14.3 Å². The number of benzene rings is 2. The van der Waals surface area contributed by atoms with E-state index in [0.29, 0.717) is 17.1 Å². The number of hydrogen-bond acceptors (Lipinski definition) is 3. The maximum absolute atomic E-state index is 12.2. The first kappa shape index (κ1) is 17.2. The van der Waals surface area contributed by atoms with Gasteiger partial charge < -0.3 is 10.6 Å². The van der Waals surface area contributed by atoms with Crippen LogP contribution in [0.1, 0.15) is 15.9 Å². The molecule has 1 heterocycles. The van der Waals surface area contributed by atoms with Crippen molar-refractivity contribution in [1.82, 2.24) is 9.78 Å². The average Bonchev–Trinajstić information content (AvgIpc) is 3.06. The Labute approximate surface area is 151 Å². The molecule has 26 heavy (non-hydrogen) atoms. The smallest absolute Gasteiger partial charge is 0.256 e. The third-order valence-corrected chi connectivity index (χ3v) is 3.70. The number of nitrogens with zero attached hydrogens (tertiary/aromatic N) is 2. The Balaban J connectivity index is 1.59. The van der Waals surface area contributed by atoms with Gasteiger partial charge in [-0.15, -0.1) is 0 Å². The van der Waals surface area contributed by atoms with Crippen molar-refractivity contribution in [3.63, 3.8) is 0 Å². The highest BCUT2D eigenvalue weighted by molar-refractivity contribution is 6.05. The van der Waals surface area contributed by atoms with E-state index < -0.39 is 0 Å². The lowest BCUT2D eigenvalue weighted by molar-refractivity contribution is -0.111. The summed E-state index contributed by atoms with van der Waals surface area (Å²) in [6, 6.07) is 18.0. The molecule has 2 amide bonds. The number of anilines is 2. The van der Waals surface area contributed by atoms with Crippen LogP contribution in [0.2, 0.25) is 0 Å². The lowest BCUT2D eigenvalue weighted by Gasteiger charge is -2.07. The average molecular weight is 346 g/mol. The maximum Gasteiger partial charge on any atom is 0.256 e. The van der Waals surface area contributed by atoms with Crippen LogP contribution in [0.25, 0.3) is 6.08 Å². The molecular weight excluding hydrogens is 328 g/mol. The molecule has 0 spiro atoms. The van der Waals surface area contributed by atoms with Crippen molar-refractivity contribution < 1.29 is 9.59 Å². The summed E-state index contributed by atoms with van der Waals surface area (Å²) < 4.78 is 1.57. The van der Waals surface area contributed by atoms with Crippen LogP contribution in [-0.4, -0.2) is 21.6 Å². The van der Waals surface area contributed by atoms with E-state index in [0.717, 1.165) is 5.56 Å². The van der Waals surface area contributed by atoms with E-state index in [9.17, 15) is 9.59 Å². The lowest BCUT2D eigenvalue weighted by Crippen LogP contribution is -2.14. The van der Waals surface area contributed by atoms with Gasteiger partial charge in [-0.2, -0.15) is 5.10 Å². The van der Waals surface area contributed by atoms with Crippen molar-refractivity contribution in [2.24, 2.45) is 7.05 Å². The molecule has 0 saturated heterocycles. The Kier molecular flexibility index (Phi) is 5.24. The minimum absolute atomic E-state index is 0.235. The molecule has 2 N–H and O–H groups in total. The number of rotatable bonds is 5. The quantitative estimate of drug-likeness (QED) is 0.696. The number of carbonyl (C=O) groups excluding carboxylic acids is 2. The van der Waals surface area contributed by atoms with Gasteiger partial charge in [0.15, 0.2) is 0 Å². The second kappa shape index (κ2) is 7.94. The Morgan fingerprint density at radius 3 is 2.35 bits per heavy atom. The van der Waals surface area contributed by atoms with Gasteiger partial charge in [0.1, 0.15) is 5.82 Å². The molecule has 0 radical (unpaired) electrons. The second-order valence-corrected chi connectivity index (χ2v) is 5.60. The number of aromatic nitrogens is 2. The second-order valence-electron chi connectivity index (χ2n) is 5.60. The monoisotopic (exact) mass is 346 g/mol. The molecule has 0 aliphatic rings. The molecule has 0 unspecified atom stereocenters. The number of amides is 2. The van der Waals surface area contributed by atoms with E-state index >= 15 is 0 Å². The van der Waals surface area contributed by atoms with E-state index in [4.69, 9.17) is 0 Å². The maximum atomic E-state index is 12.2. The molecule has 3 aromatic rings. The summed E-state index contributed by atoms with van der Waals surface area (Å²) in [6.07, 6.45) is 4.82. The highest BCUT2D eigenvalue weighted by Gasteiger charge is 2.08. The Morgan fingerprint density at radius 1 is 0.962 bits per heavy atom. The standard InChI is InChI=1S/C20H18N4O2/c1-24-18(13-14-21-24)23-20(26)16-8-10-17(11-9-16)22-19(25)12-7-15-5-3-2-4-6-15/h2-14H,1H3,(H,22,25)(H,23,26). The van der Waals surface area contributed by atoms with Crippen LogP contribution in [0, 0.1) is 0 Å². The van der Waals surface area contributed by atoms with Crippen LogP contribution < -0.4 is 10.6 Å². The molecule has 0 bridgehead atoms. The summed E-state index contributed by atoms with van der Waals surface area (Å²) in [5.41, 5.74) is 2.05. The van der Waals surface area contributed by atoms with Gasteiger partial charge in [-0.05, 0) is 35.9 Å². The van der Waals surface area contributed by atoms with Gasteiger partial charge in [-0.25, -0.2) is 0 Å². The Bertz CT molecular complexity index is 928. The zero-order valence-electron chi connectivity index (χ0n) is 14.2. The van der Waals surface area contributed by atoms with Crippen LogP contribution >= 0.6 is 0 Å². The fourth-order valence-corrected chi connectivity index (χ4v) is 2.31. The van der Waals surface area contributed by atoms with E-state index in [-0.39, 0.29) is 11.8 Å². The van der Waals surface area contributed by atoms with Crippen molar-refractivity contribution in [2.45, 2.75) is 0 Å². The van der Waals surface area contributed by atoms with Crippen LogP contribution in [0.4, 0.5) is 11.5 Å². The van der Waals surface area contributed by atoms with Crippen LogP contribution in [-0.2, 0) is 11.8 Å². The van der Waals surface area contributed by atoms with E-state index in [2.05, 4.69) is 15.7 Å². The van der Waals surface area contributed by atoms with Gasteiger partial charge in [-0.1, -0.05) is 30.3 Å². The topological polar surface area (TPSA) is 76.0 Å². The number of nitrogens with one attached hydrogen (secondary N) is 2. The molecule has 6 nitrogen and oxygen atoms in total. The lowest BCUT2D eigenvalue weighted by atomic mass is 10.2. The summed E-state index contributed by atoms with van der Waals surface area (Å²) in [5, 5.41) is 9.53. The highest BCUT2D eigenvalue weighted by atomic mass is 16.2. The Morgan fingerprint density at radius 2 is 1.69 bits per heavy atom. The van der Waals surface area contributed by atoms with E-state index in [1.54, 1.807) is 54.3 Å². The van der Waals surface area contributed by atoms with Crippen molar-refractivity contribution in [1.29, 1.82) is 0 Å². The fourth-order valence-electron chi connectivity index (χ4n) is 2.31. The first-order valence-corrected chi connectivity index (χ1v) is 8.05. The first-order chi connectivity index (χ1) is 12.6. The molecule has 0 aliphatic carbocycles. The normalized spacial score (nSPS) is 10.7. The molecule has 6 heteroatoms. The summed E-state index contributed by atoms with van der Waals surface area (Å²) in [4.78, 5) is 24.2. The summed E-state index contributed by atoms with van der Waals surface area (Å²) >= 11 is 0. The molecule has 0 saturated carbocycles. The summed E-state index contributed by atoms with van der Waals surface area (Å²) in [5.74, 6) is 0.134. The van der Waals surface area contributed by atoms with Crippen molar-refractivity contribution in [3.8, 4) is 0 Å². The zero-order chi connectivity index (χ0) is 18.4. The van der Waals surface area contributed by atoms with E-state index in [1.807, 2.05) is 30.3 Å². The fraction of sp³-hybridized carbons (Fsp3) is 0.0500. The summed E-state index contributed by atoms with van der Waals surface area (Å²) in [6.45, 7) is 0. The third kappa shape index (κ3) is 4.45. The minimum atomic E-state index is -0.240. The highest BCUT2D eigenvalue weighted by Crippen LogP contribution is 2.12. The van der Waals surface area contributed by atoms with Gasteiger partial charge in [0.25, 0.3) is 5.91 Å². The van der Waals surface area contributed by atoms with Crippen LogP contribution in [0.5, 0.6) is 0 Å². The minimum Gasteiger partial charge on any atom is -0.323 e. The SMILES string of the molecule is Cn1nccc1NC(=O)c1ccc(NC(=O)C=Cc2ccccc2)cc1. The van der Waals surface area contributed by atoms with Crippen molar-refractivity contribution in [3.05, 3.63) is 84.1 Å². The molecule has 0 atom stereocenters. The van der Waals surface area contributed by atoms with Gasteiger partial charge in [0, 0.05) is 30.4 Å². The van der Waals surface area contributed by atoms with Crippen LogP contribution in [0.3, 0.4) is 0 Å². The van der Waals surface area contributed by atoms with E-state index in [1.165, 1.54) is 6.08 Å². The molecule has 3 rings (SSSR count). The number of hydrogen-bond donors (Lipinski definition) is 2. The zero-order valence-corrected chi connectivity index (χ0v) is 14.2. The number of carbonyl (C=O) groups is 2. The predicted molar refractivity (Wildman–Crippen MR) is 102 cm³/mol. The molecule has 0 fully saturated rings. The summed E-state index contributed by atoms with van der Waals surface area (Å²) in [7, 11) is 1.75. The molecule has 0 aliphatic heterocycles. The predicted octanol–water partition coefficient (Wildman–Crippen LogP) is 3.32. The Hall–Kier alpha value is -3.67. The third-order valence-electron chi connectivity index (χ3n) is 3.70. The molecule has 130 valence electrons. The van der Waals surface area contributed by atoms with Gasteiger partial charge in [0.2, 0.25) is 5.91 Å². The first-order valence-electron chi connectivity index (χ1n) is 8.05. The molecule has 2 aromatic carbocycles.